The highest BCUT2D eigenvalue weighted by molar-refractivity contribution is 5.94. The Balaban J connectivity index is 1.45. The average Bonchev–Trinajstić information content (AvgIpc) is 3.30. The minimum Gasteiger partial charge on any atom is -0.454 e. The van der Waals surface area contributed by atoms with Crippen LogP contribution in [0.25, 0.3) is 5.82 Å². The van der Waals surface area contributed by atoms with Crippen LogP contribution >= 0.6 is 0 Å². The number of carbonyl (C=O) groups excluding carboxylic acids is 1. The van der Waals surface area contributed by atoms with Crippen LogP contribution < -0.4 is 14.8 Å². The molecule has 0 saturated heterocycles. The van der Waals surface area contributed by atoms with Crippen LogP contribution in [0.2, 0.25) is 0 Å². The van der Waals surface area contributed by atoms with Gasteiger partial charge in [0.15, 0.2) is 17.3 Å². The van der Waals surface area contributed by atoms with E-state index in [0.717, 1.165) is 5.56 Å². The van der Waals surface area contributed by atoms with Crippen molar-refractivity contribution in [2.75, 3.05) is 6.79 Å². The van der Waals surface area contributed by atoms with E-state index in [-0.39, 0.29) is 12.7 Å². The molecule has 1 N–H and O–H groups in total. The number of pyridine rings is 1. The Bertz CT molecular complexity index is 877. The number of nitrogens with zero attached hydrogens (tertiary/aromatic N) is 3. The van der Waals surface area contributed by atoms with Gasteiger partial charge in [0, 0.05) is 30.7 Å². The molecule has 7 heteroatoms. The second-order valence-corrected chi connectivity index (χ2v) is 5.22. The van der Waals surface area contributed by atoms with Crippen LogP contribution in [-0.2, 0) is 6.54 Å². The molecule has 1 aromatic carbocycles. The molecule has 0 spiro atoms. The third kappa shape index (κ3) is 2.79. The van der Waals surface area contributed by atoms with Crippen molar-refractivity contribution in [3.05, 3.63) is 66.1 Å². The normalized spacial score (nSPS) is 12.2. The van der Waals surface area contributed by atoms with E-state index in [4.69, 9.17) is 9.47 Å². The summed E-state index contributed by atoms with van der Waals surface area (Å²) < 4.78 is 12.2. The topological polar surface area (TPSA) is 78.3 Å². The number of fused-ring (bicyclic) bond motifs is 1. The zero-order valence-corrected chi connectivity index (χ0v) is 12.7. The van der Waals surface area contributed by atoms with E-state index in [9.17, 15) is 4.79 Å². The molecule has 2 aromatic heterocycles. The van der Waals surface area contributed by atoms with Gasteiger partial charge in [-0.05, 0) is 42.0 Å². The Labute approximate surface area is 137 Å². The van der Waals surface area contributed by atoms with Crippen molar-refractivity contribution < 1.29 is 14.3 Å². The summed E-state index contributed by atoms with van der Waals surface area (Å²) in [6.45, 7) is 0.581. The lowest BCUT2D eigenvalue weighted by atomic mass is 10.2. The molecule has 4 rings (SSSR count). The number of hydrogen-bond donors (Lipinski definition) is 1. The molecule has 0 aliphatic carbocycles. The standard InChI is InChI=1S/C17H14N4O3/c22-17(13-2-3-14-15(9-13)24-11-23-14)19-10-12-4-6-18-16(8-12)21-7-1-5-20-21/h1-9H,10-11H2,(H,19,22). The van der Waals surface area contributed by atoms with E-state index in [0.29, 0.717) is 29.4 Å². The maximum atomic E-state index is 12.3. The van der Waals surface area contributed by atoms with E-state index < -0.39 is 0 Å². The lowest BCUT2D eigenvalue weighted by molar-refractivity contribution is 0.0950. The Hall–Kier alpha value is -3.35. The average molecular weight is 322 g/mol. The summed E-state index contributed by atoms with van der Waals surface area (Å²) in [7, 11) is 0. The lowest BCUT2D eigenvalue weighted by Gasteiger charge is -2.07. The van der Waals surface area contributed by atoms with Crippen molar-refractivity contribution in [2.24, 2.45) is 0 Å². The van der Waals surface area contributed by atoms with Gasteiger partial charge in [-0.25, -0.2) is 9.67 Å². The van der Waals surface area contributed by atoms with Crippen molar-refractivity contribution in [3.8, 4) is 17.3 Å². The summed E-state index contributed by atoms with van der Waals surface area (Å²) in [5.74, 6) is 1.78. The summed E-state index contributed by atoms with van der Waals surface area (Å²) in [4.78, 5) is 16.6. The van der Waals surface area contributed by atoms with Gasteiger partial charge in [0.05, 0.1) is 0 Å². The van der Waals surface area contributed by atoms with Crippen LogP contribution in [-0.4, -0.2) is 27.5 Å². The van der Waals surface area contributed by atoms with Gasteiger partial charge in [-0.2, -0.15) is 5.10 Å². The molecule has 0 saturated carbocycles. The molecule has 1 aliphatic rings. The zero-order chi connectivity index (χ0) is 16.4. The van der Waals surface area contributed by atoms with Crippen molar-refractivity contribution >= 4 is 5.91 Å². The third-order valence-electron chi connectivity index (χ3n) is 3.64. The molecule has 3 aromatic rings. The molecule has 0 atom stereocenters. The van der Waals surface area contributed by atoms with Crippen molar-refractivity contribution in [1.29, 1.82) is 0 Å². The number of carbonyl (C=O) groups is 1. The minimum absolute atomic E-state index is 0.175. The fraction of sp³-hybridized carbons (Fsp3) is 0.118. The summed E-state index contributed by atoms with van der Waals surface area (Å²) >= 11 is 0. The lowest BCUT2D eigenvalue weighted by Crippen LogP contribution is -2.22. The number of nitrogens with one attached hydrogen (secondary N) is 1. The van der Waals surface area contributed by atoms with Gasteiger partial charge in [-0.1, -0.05) is 0 Å². The molecule has 0 fully saturated rings. The van der Waals surface area contributed by atoms with Gasteiger partial charge in [0.25, 0.3) is 5.91 Å². The molecule has 120 valence electrons. The molecular weight excluding hydrogens is 308 g/mol. The smallest absolute Gasteiger partial charge is 0.251 e. The van der Waals surface area contributed by atoms with Gasteiger partial charge < -0.3 is 14.8 Å². The molecule has 0 bridgehead atoms. The number of rotatable bonds is 4. The Kier molecular flexibility index (Phi) is 3.59. The highest BCUT2D eigenvalue weighted by Gasteiger charge is 2.16. The van der Waals surface area contributed by atoms with E-state index in [1.165, 1.54) is 0 Å². The number of benzene rings is 1. The Morgan fingerprint density at radius 2 is 2.08 bits per heavy atom. The SMILES string of the molecule is O=C(NCc1ccnc(-n2cccn2)c1)c1ccc2c(c1)OCO2. The summed E-state index contributed by atoms with van der Waals surface area (Å²) in [5, 5.41) is 7.03. The van der Waals surface area contributed by atoms with Crippen molar-refractivity contribution in [3.63, 3.8) is 0 Å². The highest BCUT2D eigenvalue weighted by atomic mass is 16.7. The summed E-state index contributed by atoms with van der Waals surface area (Å²) in [5.41, 5.74) is 1.46. The first kappa shape index (κ1) is 14.3. The number of amides is 1. The predicted molar refractivity (Wildman–Crippen MR) is 85.1 cm³/mol. The maximum Gasteiger partial charge on any atom is 0.251 e. The molecule has 0 unspecified atom stereocenters. The molecular formula is C17H14N4O3. The molecule has 1 aliphatic heterocycles. The van der Waals surface area contributed by atoms with Crippen LogP contribution in [0, 0.1) is 0 Å². The second-order valence-electron chi connectivity index (χ2n) is 5.22. The first-order valence-corrected chi connectivity index (χ1v) is 7.42. The Morgan fingerprint density at radius 3 is 2.96 bits per heavy atom. The predicted octanol–water partition coefficient (Wildman–Crippen LogP) is 1.93. The third-order valence-corrected chi connectivity index (χ3v) is 3.64. The quantitative estimate of drug-likeness (QED) is 0.794. The van der Waals surface area contributed by atoms with E-state index in [2.05, 4.69) is 15.4 Å². The van der Waals surface area contributed by atoms with E-state index in [1.54, 1.807) is 35.3 Å². The number of aromatic nitrogens is 3. The molecule has 7 nitrogen and oxygen atoms in total. The first-order chi connectivity index (χ1) is 11.8. The van der Waals surface area contributed by atoms with Gasteiger partial charge in [0.2, 0.25) is 6.79 Å². The van der Waals surface area contributed by atoms with Gasteiger partial charge in [-0.3, -0.25) is 4.79 Å². The highest BCUT2D eigenvalue weighted by Crippen LogP contribution is 2.32. The van der Waals surface area contributed by atoms with Crippen LogP contribution in [0.5, 0.6) is 11.5 Å². The fourth-order valence-corrected chi connectivity index (χ4v) is 2.42. The molecule has 0 radical (unpaired) electrons. The summed E-state index contributed by atoms with van der Waals surface area (Å²) in [6, 6.07) is 10.7. The van der Waals surface area contributed by atoms with Crippen molar-refractivity contribution in [2.45, 2.75) is 6.54 Å². The van der Waals surface area contributed by atoms with Crippen LogP contribution in [0.4, 0.5) is 0 Å². The van der Waals surface area contributed by atoms with Gasteiger partial charge >= 0.3 is 0 Å². The first-order valence-electron chi connectivity index (χ1n) is 7.42. The zero-order valence-electron chi connectivity index (χ0n) is 12.7. The Morgan fingerprint density at radius 1 is 1.17 bits per heavy atom. The maximum absolute atomic E-state index is 12.3. The monoisotopic (exact) mass is 322 g/mol. The van der Waals surface area contributed by atoms with Crippen LogP contribution in [0.3, 0.4) is 0 Å². The van der Waals surface area contributed by atoms with E-state index in [1.807, 2.05) is 24.4 Å². The van der Waals surface area contributed by atoms with Crippen molar-refractivity contribution in [1.82, 2.24) is 20.1 Å². The largest absolute Gasteiger partial charge is 0.454 e. The van der Waals surface area contributed by atoms with Gasteiger partial charge in [0.1, 0.15) is 0 Å². The molecule has 1 amide bonds. The fourth-order valence-electron chi connectivity index (χ4n) is 2.42. The number of hydrogen-bond acceptors (Lipinski definition) is 5. The van der Waals surface area contributed by atoms with E-state index >= 15 is 0 Å². The van der Waals surface area contributed by atoms with Crippen LogP contribution in [0.1, 0.15) is 15.9 Å². The van der Waals surface area contributed by atoms with Crippen LogP contribution in [0.15, 0.2) is 55.0 Å². The molecule has 24 heavy (non-hydrogen) atoms. The van der Waals surface area contributed by atoms with Gasteiger partial charge in [-0.15, -0.1) is 0 Å². The summed E-state index contributed by atoms with van der Waals surface area (Å²) in [6.07, 6.45) is 5.20. The molecule has 3 heterocycles. The second kappa shape index (κ2) is 6.04. The minimum atomic E-state index is -0.175. The number of ether oxygens (including phenoxy) is 2.